The number of nitrogens with zero attached hydrogens (tertiary/aromatic N) is 1. The molecule has 2 rings (SSSR count). The average Bonchev–Trinajstić information content (AvgIpc) is 3.37. The number of hydrogen-bond acceptors (Lipinski definition) is 5. The van der Waals surface area contributed by atoms with Gasteiger partial charge in [-0.05, 0) is 32.1 Å². The SMILES string of the molecule is CCCCCCCCCCCCCCCCC[C@H]1OC[C@H](COC(=O)CCCCC[N+]2(C)CCOCC2)O1. The van der Waals surface area contributed by atoms with Gasteiger partial charge in [0, 0.05) is 6.42 Å². The van der Waals surface area contributed by atoms with E-state index in [1.54, 1.807) is 0 Å². The second-order valence-electron chi connectivity index (χ2n) is 12.2. The molecule has 2 saturated heterocycles. The molecule has 0 unspecified atom stereocenters. The van der Waals surface area contributed by atoms with Crippen molar-refractivity contribution in [2.45, 2.75) is 148 Å². The van der Waals surface area contributed by atoms with E-state index in [4.69, 9.17) is 18.9 Å². The Morgan fingerprint density at radius 3 is 1.92 bits per heavy atom. The molecule has 2 fully saturated rings. The standard InChI is InChI=1S/C32H62NO5/c1-3-4-5-6-7-8-9-10-11-12-13-14-15-16-19-22-32-37-29-30(38-32)28-36-31(34)21-18-17-20-23-33(2)24-26-35-27-25-33/h30,32H,3-29H2,1-2H3/q+1/t30-,32-/m0/s1. The molecule has 0 N–H and O–H groups in total. The van der Waals surface area contributed by atoms with Crippen molar-refractivity contribution in [1.29, 1.82) is 0 Å². The van der Waals surface area contributed by atoms with Crippen LogP contribution in [0.1, 0.15) is 135 Å². The molecule has 2 heterocycles. The van der Waals surface area contributed by atoms with Gasteiger partial charge in [-0.15, -0.1) is 0 Å². The molecule has 6 heteroatoms. The predicted octanol–water partition coefficient (Wildman–Crippen LogP) is 7.57. The molecule has 0 aromatic rings. The topological polar surface area (TPSA) is 54.0 Å². The number of hydrogen-bond donors (Lipinski definition) is 0. The maximum atomic E-state index is 12.1. The summed E-state index contributed by atoms with van der Waals surface area (Å²) >= 11 is 0. The lowest BCUT2D eigenvalue weighted by molar-refractivity contribution is -0.917. The summed E-state index contributed by atoms with van der Waals surface area (Å²) in [6.07, 6.45) is 25.0. The highest BCUT2D eigenvalue weighted by Gasteiger charge is 2.27. The fourth-order valence-corrected chi connectivity index (χ4v) is 5.63. The van der Waals surface area contributed by atoms with Gasteiger partial charge in [0.05, 0.1) is 33.4 Å². The molecule has 0 aromatic heterocycles. The van der Waals surface area contributed by atoms with Crippen LogP contribution in [0, 0.1) is 0 Å². The number of rotatable bonds is 24. The van der Waals surface area contributed by atoms with Crippen LogP contribution in [0.4, 0.5) is 0 Å². The lowest BCUT2D eigenvalue weighted by Gasteiger charge is -2.37. The Balaban J connectivity index is 1.31. The molecular weight excluding hydrogens is 478 g/mol. The van der Waals surface area contributed by atoms with Gasteiger partial charge < -0.3 is 23.4 Å². The van der Waals surface area contributed by atoms with Gasteiger partial charge >= 0.3 is 5.97 Å². The molecule has 6 nitrogen and oxygen atoms in total. The normalized spacial score (nSPS) is 21.1. The molecular formula is C32H62NO5+. The minimum absolute atomic E-state index is 0.105. The van der Waals surface area contributed by atoms with Crippen LogP contribution in [0.3, 0.4) is 0 Å². The number of morpholine rings is 1. The van der Waals surface area contributed by atoms with Gasteiger partial charge in [0.25, 0.3) is 0 Å². The van der Waals surface area contributed by atoms with Crippen molar-refractivity contribution in [3.63, 3.8) is 0 Å². The van der Waals surface area contributed by atoms with Crippen LogP contribution >= 0.6 is 0 Å². The van der Waals surface area contributed by atoms with Crippen LogP contribution in [0.25, 0.3) is 0 Å². The van der Waals surface area contributed by atoms with E-state index in [9.17, 15) is 4.79 Å². The first-order valence-electron chi connectivity index (χ1n) is 16.5. The second kappa shape index (κ2) is 22.1. The molecule has 0 aliphatic carbocycles. The molecule has 224 valence electrons. The Kier molecular flexibility index (Phi) is 19.4. The first-order valence-corrected chi connectivity index (χ1v) is 16.5. The van der Waals surface area contributed by atoms with E-state index in [-0.39, 0.29) is 18.4 Å². The van der Waals surface area contributed by atoms with Crippen molar-refractivity contribution in [2.24, 2.45) is 0 Å². The summed E-state index contributed by atoms with van der Waals surface area (Å²) in [7, 11) is 2.31. The van der Waals surface area contributed by atoms with Gasteiger partial charge in [0.1, 0.15) is 25.8 Å². The van der Waals surface area contributed by atoms with Crippen molar-refractivity contribution in [2.75, 3.05) is 53.1 Å². The zero-order chi connectivity index (χ0) is 27.2. The zero-order valence-electron chi connectivity index (χ0n) is 25.2. The van der Waals surface area contributed by atoms with Gasteiger partial charge in [-0.25, -0.2) is 0 Å². The second-order valence-corrected chi connectivity index (χ2v) is 12.2. The van der Waals surface area contributed by atoms with E-state index < -0.39 is 0 Å². The Labute approximate surface area is 235 Å². The fraction of sp³-hybridized carbons (Fsp3) is 0.969. The Bertz CT molecular complexity index is 566. The number of unbranched alkanes of at least 4 members (excludes halogenated alkanes) is 16. The summed E-state index contributed by atoms with van der Waals surface area (Å²) < 4.78 is 23.7. The summed E-state index contributed by atoms with van der Waals surface area (Å²) in [5.74, 6) is -0.105. The third kappa shape index (κ3) is 17.1. The van der Waals surface area contributed by atoms with E-state index >= 15 is 0 Å². The Morgan fingerprint density at radius 1 is 0.763 bits per heavy atom. The molecule has 0 saturated carbocycles. The third-order valence-corrected chi connectivity index (χ3v) is 8.42. The van der Waals surface area contributed by atoms with E-state index in [2.05, 4.69) is 14.0 Å². The van der Waals surface area contributed by atoms with Crippen LogP contribution < -0.4 is 0 Å². The summed E-state index contributed by atoms with van der Waals surface area (Å²) in [5, 5.41) is 0. The van der Waals surface area contributed by atoms with Crippen molar-refractivity contribution < 1.29 is 28.2 Å². The van der Waals surface area contributed by atoms with Crippen LogP contribution in [-0.4, -0.2) is 76.0 Å². The molecule has 2 atom stereocenters. The minimum Gasteiger partial charge on any atom is -0.463 e. The molecule has 2 aliphatic rings. The minimum atomic E-state index is -0.120. The number of quaternary nitrogens is 1. The molecule has 2 aliphatic heterocycles. The highest BCUT2D eigenvalue weighted by molar-refractivity contribution is 5.69. The highest BCUT2D eigenvalue weighted by atomic mass is 16.7. The summed E-state index contributed by atoms with van der Waals surface area (Å²) in [4.78, 5) is 12.1. The smallest absolute Gasteiger partial charge is 0.305 e. The lowest BCUT2D eigenvalue weighted by atomic mass is 10.0. The first-order chi connectivity index (χ1) is 18.6. The van der Waals surface area contributed by atoms with Crippen molar-refractivity contribution in [3.8, 4) is 0 Å². The van der Waals surface area contributed by atoms with Gasteiger partial charge in [0.15, 0.2) is 6.29 Å². The Hall–Kier alpha value is -0.690. The van der Waals surface area contributed by atoms with E-state index in [0.717, 1.165) is 62.9 Å². The number of carbonyl (C=O) groups excluding carboxylic acids is 1. The van der Waals surface area contributed by atoms with Crippen molar-refractivity contribution >= 4 is 5.97 Å². The van der Waals surface area contributed by atoms with Crippen LogP contribution in [0.15, 0.2) is 0 Å². The van der Waals surface area contributed by atoms with Crippen LogP contribution in [0.5, 0.6) is 0 Å². The number of likely N-dealkylation sites (N-methyl/N-ethyl adjacent to an activating group) is 1. The maximum absolute atomic E-state index is 12.1. The molecule has 38 heavy (non-hydrogen) atoms. The van der Waals surface area contributed by atoms with E-state index in [0.29, 0.717) is 19.6 Å². The zero-order valence-corrected chi connectivity index (χ0v) is 25.2. The van der Waals surface area contributed by atoms with Gasteiger partial charge in [-0.1, -0.05) is 96.8 Å². The predicted molar refractivity (Wildman–Crippen MR) is 155 cm³/mol. The largest absolute Gasteiger partial charge is 0.463 e. The van der Waals surface area contributed by atoms with Crippen molar-refractivity contribution in [3.05, 3.63) is 0 Å². The number of esters is 1. The van der Waals surface area contributed by atoms with Gasteiger partial charge in [0.2, 0.25) is 0 Å². The molecule has 0 aromatic carbocycles. The Morgan fingerprint density at radius 2 is 1.32 bits per heavy atom. The quantitative estimate of drug-likeness (QED) is 0.0718. The van der Waals surface area contributed by atoms with Gasteiger partial charge in [-0.2, -0.15) is 0 Å². The fourth-order valence-electron chi connectivity index (χ4n) is 5.63. The average molecular weight is 541 g/mol. The molecule has 0 amide bonds. The summed E-state index contributed by atoms with van der Waals surface area (Å²) in [6.45, 7) is 8.27. The summed E-state index contributed by atoms with van der Waals surface area (Å²) in [6, 6.07) is 0. The highest BCUT2D eigenvalue weighted by Crippen LogP contribution is 2.19. The maximum Gasteiger partial charge on any atom is 0.305 e. The van der Waals surface area contributed by atoms with Crippen LogP contribution in [0.2, 0.25) is 0 Å². The summed E-state index contributed by atoms with van der Waals surface area (Å²) in [5.41, 5.74) is 0. The lowest BCUT2D eigenvalue weighted by Crippen LogP contribution is -2.52. The monoisotopic (exact) mass is 540 g/mol. The number of carbonyl (C=O) groups is 1. The van der Waals surface area contributed by atoms with E-state index in [1.165, 1.54) is 96.4 Å². The van der Waals surface area contributed by atoms with Crippen molar-refractivity contribution in [1.82, 2.24) is 0 Å². The first kappa shape index (κ1) is 33.5. The third-order valence-electron chi connectivity index (χ3n) is 8.42. The number of ether oxygens (including phenoxy) is 4. The van der Waals surface area contributed by atoms with E-state index in [1.807, 2.05) is 0 Å². The van der Waals surface area contributed by atoms with Gasteiger partial charge in [-0.3, -0.25) is 4.79 Å². The molecule has 0 bridgehead atoms. The van der Waals surface area contributed by atoms with Crippen LogP contribution in [-0.2, 0) is 23.7 Å². The molecule has 0 spiro atoms. The molecule has 0 radical (unpaired) electrons.